The van der Waals surface area contributed by atoms with E-state index in [-0.39, 0.29) is 5.92 Å². The van der Waals surface area contributed by atoms with Crippen molar-refractivity contribution >= 4 is 5.91 Å². The Morgan fingerprint density at radius 1 is 1.15 bits per heavy atom. The largest absolute Gasteiger partial charge is 0.381 e. The van der Waals surface area contributed by atoms with Crippen LogP contribution in [0.4, 0.5) is 0 Å². The molecule has 6 heteroatoms. The lowest BCUT2D eigenvalue weighted by Crippen LogP contribution is -2.48. The number of ether oxygens (including phenoxy) is 1. The molecule has 0 radical (unpaired) electrons. The first-order valence-corrected chi connectivity index (χ1v) is 10.9. The summed E-state index contributed by atoms with van der Waals surface area (Å²) in [5.74, 6) is 2.15. The number of piperidine rings is 2. The van der Waals surface area contributed by atoms with Gasteiger partial charge in [0.1, 0.15) is 5.82 Å². The van der Waals surface area contributed by atoms with E-state index in [0.29, 0.717) is 17.9 Å². The highest BCUT2D eigenvalue weighted by Crippen LogP contribution is 2.29. The Labute approximate surface area is 162 Å². The molecule has 0 aromatic carbocycles. The van der Waals surface area contributed by atoms with Crippen LogP contribution in [-0.2, 0) is 16.1 Å². The predicted molar refractivity (Wildman–Crippen MR) is 105 cm³/mol. The number of rotatable bonds is 4. The smallest absolute Gasteiger partial charge is 0.225 e. The van der Waals surface area contributed by atoms with Crippen molar-refractivity contribution in [1.29, 1.82) is 0 Å². The Morgan fingerprint density at radius 2 is 1.93 bits per heavy atom. The Hall–Kier alpha value is -1.40. The minimum atomic E-state index is 0.214. The fourth-order valence-corrected chi connectivity index (χ4v) is 5.16. The molecule has 0 spiro atoms. The van der Waals surface area contributed by atoms with Crippen LogP contribution in [0, 0.1) is 5.92 Å². The van der Waals surface area contributed by atoms with Crippen LogP contribution in [-0.4, -0.2) is 70.7 Å². The SMILES string of the molecule is CCn1ccnc1C1CCCN(C(=O)C2CCN(C3CCOCC3)CC2)C1. The van der Waals surface area contributed by atoms with E-state index in [4.69, 9.17) is 4.74 Å². The number of aryl methyl sites for hydroxylation is 1. The molecule has 27 heavy (non-hydrogen) atoms. The quantitative estimate of drug-likeness (QED) is 0.813. The number of amides is 1. The van der Waals surface area contributed by atoms with Gasteiger partial charge in [-0.3, -0.25) is 4.79 Å². The van der Waals surface area contributed by atoms with E-state index in [0.717, 1.165) is 90.3 Å². The summed E-state index contributed by atoms with van der Waals surface area (Å²) in [7, 11) is 0. The van der Waals surface area contributed by atoms with Crippen LogP contribution in [0.2, 0.25) is 0 Å². The average molecular weight is 375 g/mol. The van der Waals surface area contributed by atoms with Crippen molar-refractivity contribution in [3.05, 3.63) is 18.2 Å². The molecule has 1 atom stereocenters. The third-order valence-corrected chi connectivity index (χ3v) is 6.77. The van der Waals surface area contributed by atoms with Gasteiger partial charge in [-0.25, -0.2) is 4.98 Å². The Morgan fingerprint density at radius 3 is 2.67 bits per heavy atom. The Balaban J connectivity index is 1.31. The van der Waals surface area contributed by atoms with Gasteiger partial charge in [-0.1, -0.05) is 0 Å². The first-order chi connectivity index (χ1) is 13.3. The van der Waals surface area contributed by atoms with Crippen LogP contribution in [0.3, 0.4) is 0 Å². The van der Waals surface area contributed by atoms with Crippen molar-refractivity contribution in [2.24, 2.45) is 5.92 Å². The van der Waals surface area contributed by atoms with E-state index >= 15 is 0 Å². The minimum Gasteiger partial charge on any atom is -0.381 e. The lowest BCUT2D eigenvalue weighted by Gasteiger charge is -2.41. The van der Waals surface area contributed by atoms with Crippen LogP contribution < -0.4 is 0 Å². The highest BCUT2D eigenvalue weighted by Gasteiger charge is 2.34. The summed E-state index contributed by atoms with van der Waals surface area (Å²) in [6.45, 7) is 8.79. The van der Waals surface area contributed by atoms with Gasteiger partial charge in [0.15, 0.2) is 0 Å². The molecule has 0 aliphatic carbocycles. The van der Waals surface area contributed by atoms with E-state index < -0.39 is 0 Å². The summed E-state index contributed by atoms with van der Waals surface area (Å²) >= 11 is 0. The van der Waals surface area contributed by atoms with Crippen molar-refractivity contribution in [3.63, 3.8) is 0 Å². The zero-order valence-electron chi connectivity index (χ0n) is 16.7. The zero-order chi connectivity index (χ0) is 18.6. The highest BCUT2D eigenvalue weighted by atomic mass is 16.5. The number of hydrogen-bond acceptors (Lipinski definition) is 4. The normalized spacial score (nSPS) is 26.4. The fraction of sp³-hybridized carbons (Fsp3) is 0.810. The molecule has 3 aliphatic rings. The fourth-order valence-electron chi connectivity index (χ4n) is 5.16. The molecule has 3 fully saturated rings. The first kappa shape index (κ1) is 18.9. The molecule has 1 aromatic heterocycles. The zero-order valence-corrected chi connectivity index (χ0v) is 16.7. The van der Waals surface area contributed by atoms with E-state index in [1.54, 1.807) is 0 Å². The summed E-state index contributed by atoms with van der Waals surface area (Å²) in [6, 6.07) is 0.669. The molecule has 3 saturated heterocycles. The molecule has 4 heterocycles. The molecule has 1 aromatic rings. The third-order valence-electron chi connectivity index (χ3n) is 6.77. The summed E-state index contributed by atoms with van der Waals surface area (Å²) in [5, 5.41) is 0. The van der Waals surface area contributed by atoms with Gasteiger partial charge in [-0.05, 0) is 58.5 Å². The number of carbonyl (C=O) groups is 1. The predicted octanol–water partition coefficient (Wildman–Crippen LogP) is 2.50. The summed E-state index contributed by atoms with van der Waals surface area (Å²) in [5.41, 5.74) is 0. The van der Waals surface area contributed by atoms with E-state index in [1.165, 1.54) is 0 Å². The second kappa shape index (κ2) is 8.74. The second-order valence-electron chi connectivity index (χ2n) is 8.35. The van der Waals surface area contributed by atoms with Crippen LogP contribution in [0.15, 0.2) is 12.4 Å². The minimum absolute atomic E-state index is 0.214. The van der Waals surface area contributed by atoms with Gasteiger partial charge < -0.3 is 19.1 Å². The molecule has 150 valence electrons. The number of nitrogens with zero attached hydrogens (tertiary/aromatic N) is 4. The lowest BCUT2D eigenvalue weighted by molar-refractivity contribution is -0.138. The molecule has 1 amide bonds. The van der Waals surface area contributed by atoms with Gasteiger partial charge >= 0.3 is 0 Å². The topological polar surface area (TPSA) is 50.6 Å². The lowest BCUT2D eigenvalue weighted by atomic mass is 9.90. The molecule has 3 aliphatic heterocycles. The van der Waals surface area contributed by atoms with Crippen molar-refractivity contribution in [1.82, 2.24) is 19.4 Å². The molecule has 6 nitrogen and oxygen atoms in total. The maximum absolute atomic E-state index is 13.2. The van der Waals surface area contributed by atoms with Crippen LogP contribution in [0.5, 0.6) is 0 Å². The number of carbonyl (C=O) groups excluding carboxylic acids is 1. The van der Waals surface area contributed by atoms with Crippen LogP contribution >= 0.6 is 0 Å². The molecule has 0 saturated carbocycles. The number of likely N-dealkylation sites (tertiary alicyclic amines) is 2. The van der Waals surface area contributed by atoms with Gasteiger partial charge in [0, 0.05) is 63.1 Å². The van der Waals surface area contributed by atoms with Crippen molar-refractivity contribution in [3.8, 4) is 0 Å². The van der Waals surface area contributed by atoms with E-state index in [2.05, 4.69) is 32.5 Å². The molecule has 0 N–H and O–H groups in total. The van der Waals surface area contributed by atoms with Gasteiger partial charge in [0.05, 0.1) is 0 Å². The van der Waals surface area contributed by atoms with Gasteiger partial charge in [0.25, 0.3) is 0 Å². The third kappa shape index (κ3) is 4.21. The molecule has 1 unspecified atom stereocenters. The van der Waals surface area contributed by atoms with Crippen molar-refractivity contribution in [2.45, 2.75) is 64.0 Å². The standard InChI is InChI=1S/C21H34N4O2/c1-2-23-13-9-22-20(23)18-4-3-10-25(16-18)21(26)17-5-11-24(12-6-17)19-7-14-27-15-8-19/h9,13,17-19H,2-8,10-12,14-16H2,1H3. The molecular weight excluding hydrogens is 340 g/mol. The van der Waals surface area contributed by atoms with Crippen LogP contribution in [0.1, 0.15) is 57.2 Å². The van der Waals surface area contributed by atoms with Crippen molar-refractivity contribution < 1.29 is 9.53 Å². The van der Waals surface area contributed by atoms with Crippen molar-refractivity contribution in [2.75, 3.05) is 39.4 Å². The maximum atomic E-state index is 13.2. The van der Waals surface area contributed by atoms with Gasteiger partial charge in [-0.2, -0.15) is 0 Å². The first-order valence-electron chi connectivity index (χ1n) is 10.9. The highest BCUT2D eigenvalue weighted by molar-refractivity contribution is 5.79. The number of imidazole rings is 1. The molecule has 0 bridgehead atoms. The maximum Gasteiger partial charge on any atom is 0.225 e. The summed E-state index contributed by atoms with van der Waals surface area (Å²) in [4.78, 5) is 22.5. The summed E-state index contributed by atoms with van der Waals surface area (Å²) < 4.78 is 7.72. The van der Waals surface area contributed by atoms with Gasteiger partial charge in [0.2, 0.25) is 5.91 Å². The second-order valence-corrected chi connectivity index (χ2v) is 8.35. The van der Waals surface area contributed by atoms with Gasteiger partial charge in [-0.15, -0.1) is 0 Å². The summed E-state index contributed by atoms with van der Waals surface area (Å²) in [6.07, 6.45) is 10.5. The van der Waals surface area contributed by atoms with E-state index in [9.17, 15) is 4.79 Å². The van der Waals surface area contributed by atoms with E-state index in [1.807, 2.05) is 6.20 Å². The average Bonchev–Trinajstić information content (AvgIpc) is 3.23. The number of hydrogen-bond donors (Lipinski definition) is 0. The Bertz CT molecular complexity index is 617. The molecular formula is C21H34N4O2. The van der Waals surface area contributed by atoms with Crippen LogP contribution in [0.25, 0.3) is 0 Å². The number of aromatic nitrogens is 2. The Kier molecular flexibility index (Phi) is 6.13. The molecule has 4 rings (SSSR count). The monoisotopic (exact) mass is 374 g/mol.